The molecule has 6 N–H and O–H groups in total. The van der Waals surface area contributed by atoms with E-state index in [1.807, 2.05) is 31.2 Å². The van der Waals surface area contributed by atoms with Crippen molar-refractivity contribution in [1.29, 1.82) is 0 Å². The second-order valence-electron chi connectivity index (χ2n) is 8.71. The maximum atomic E-state index is 14.2. The van der Waals surface area contributed by atoms with Crippen molar-refractivity contribution in [1.82, 2.24) is 30.9 Å². The van der Waals surface area contributed by atoms with Gasteiger partial charge in [-0.1, -0.05) is 23.4 Å². The van der Waals surface area contributed by atoms with E-state index in [0.717, 1.165) is 10.1 Å². The first-order valence-electron chi connectivity index (χ1n) is 11.8. The van der Waals surface area contributed by atoms with Crippen molar-refractivity contribution in [2.24, 2.45) is 16.6 Å². The molecule has 0 radical (unpaired) electrons. The summed E-state index contributed by atoms with van der Waals surface area (Å²) < 4.78 is 2.42. The number of hydrogen-bond acceptors (Lipinski definition) is 9. The number of benzene rings is 1. The lowest BCUT2D eigenvalue weighted by atomic mass is 9.74. The predicted molar refractivity (Wildman–Crippen MR) is 136 cm³/mol. The van der Waals surface area contributed by atoms with E-state index in [9.17, 15) is 14.4 Å². The molecule has 0 saturated carbocycles. The highest BCUT2D eigenvalue weighted by Crippen LogP contribution is 2.41. The lowest BCUT2D eigenvalue weighted by molar-refractivity contribution is -0.125. The normalized spacial score (nSPS) is 21.4. The summed E-state index contributed by atoms with van der Waals surface area (Å²) in [6, 6.07) is 7.10. The van der Waals surface area contributed by atoms with Gasteiger partial charge in [0, 0.05) is 29.7 Å². The number of piperidine rings is 1. The SMILES string of the molecule is CCNC(=O)Nc1sc2ccccc2c1C(=O)C1CNCCC12N=C(Cn1cc(CN)nn1)NC2=O. The van der Waals surface area contributed by atoms with E-state index in [4.69, 9.17) is 10.7 Å². The molecule has 3 aromatic rings. The fourth-order valence-corrected chi connectivity index (χ4v) is 5.84. The topological polar surface area (TPSA) is 168 Å². The largest absolute Gasteiger partial charge is 0.338 e. The highest BCUT2D eigenvalue weighted by Gasteiger charge is 2.54. The van der Waals surface area contributed by atoms with Crippen LogP contribution in [-0.4, -0.2) is 63.7 Å². The summed E-state index contributed by atoms with van der Waals surface area (Å²) in [6.45, 7) is 3.56. The Bertz CT molecular complexity index is 1360. The van der Waals surface area contributed by atoms with Crippen LogP contribution in [0, 0.1) is 5.92 Å². The number of nitrogens with zero attached hydrogens (tertiary/aromatic N) is 4. The van der Waals surface area contributed by atoms with Gasteiger partial charge in [-0.15, -0.1) is 16.4 Å². The molecule has 1 spiro atoms. The Morgan fingerprint density at radius 3 is 2.94 bits per heavy atom. The van der Waals surface area contributed by atoms with E-state index in [0.29, 0.717) is 41.6 Å². The molecule has 3 amide bonds. The van der Waals surface area contributed by atoms with Crippen LogP contribution in [0.1, 0.15) is 29.4 Å². The van der Waals surface area contributed by atoms with Crippen LogP contribution in [0.15, 0.2) is 35.5 Å². The van der Waals surface area contributed by atoms with Crippen LogP contribution in [0.3, 0.4) is 0 Å². The summed E-state index contributed by atoms with van der Waals surface area (Å²) in [4.78, 5) is 44.6. The van der Waals surface area contributed by atoms with E-state index in [1.165, 1.54) is 11.3 Å². The molecule has 0 aliphatic carbocycles. The molecule has 13 heteroatoms. The summed E-state index contributed by atoms with van der Waals surface area (Å²) in [5, 5.41) is 20.8. The van der Waals surface area contributed by atoms with E-state index in [-0.39, 0.29) is 31.3 Å². The number of carbonyl (C=O) groups excluding carboxylic acids is 3. The Morgan fingerprint density at radius 2 is 2.17 bits per heavy atom. The first-order chi connectivity index (χ1) is 17.4. The quantitative estimate of drug-likeness (QED) is 0.294. The van der Waals surface area contributed by atoms with Gasteiger partial charge in [0.25, 0.3) is 5.91 Å². The van der Waals surface area contributed by atoms with E-state index in [2.05, 4.69) is 31.6 Å². The predicted octanol–water partition coefficient (Wildman–Crippen LogP) is 0.852. The third-order valence-corrected chi connectivity index (χ3v) is 7.51. The number of Topliss-reactive ketones (excluding diaryl/α,β-unsaturated/α-hetero) is 1. The highest BCUT2D eigenvalue weighted by atomic mass is 32.1. The number of rotatable bonds is 7. The van der Waals surface area contributed by atoms with Crippen LogP contribution >= 0.6 is 11.3 Å². The van der Waals surface area contributed by atoms with Crippen molar-refractivity contribution in [2.75, 3.05) is 25.0 Å². The number of hydrogen-bond donors (Lipinski definition) is 5. The van der Waals surface area contributed by atoms with Crippen LogP contribution in [0.2, 0.25) is 0 Å². The molecule has 2 aliphatic rings. The number of aliphatic imine (C=N–C) groups is 1. The van der Waals surface area contributed by atoms with Crippen molar-refractivity contribution in [3.8, 4) is 0 Å². The fraction of sp³-hybridized carbons (Fsp3) is 0.391. The smallest absolute Gasteiger partial charge is 0.319 e. The molecule has 1 saturated heterocycles. The number of amides is 3. The minimum Gasteiger partial charge on any atom is -0.338 e. The van der Waals surface area contributed by atoms with Crippen molar-refractivity contribution < 1.29 is 14.4 Å². The second-order valence-corrected chi connectivity index (χ2v) is 9.76. The van der Waals surface area contributed by atoms with Gasteiger partial charge in [-0.25, -0.2) is 9.48 Å². The average molecular weight is 510 g/mol. The van der Waals surface area contributed by atoms with Crippen LogP contribution < -0.4 is 27.0 Å². The number of anilines is 1. The minimum atomic E-state index is -1.25. The van der Waals surface area contributed by atoms with Crippen LogP contribution in [0.5, 0.6) is 0 Å². The molecule has 12 nitrogen and oxygen atoms in total. The Kier molecular flexibility index (Phi) is 6.51. The number of fused-ring (bicyclic) bond motifs is 1. The molecule has 0 bridgehead atoms. The van der Waals surface area contributed by atoms with E-state index in [1.54, 1.807) is 10.9 Å². The lowest BCUT2D eigenvalue weighted by Crippen LogP contribution is -2.57. The van der Waals surface area contributed by atoms with Crippen molar-refractivity contribution >= 4 is 50.0 Å². The Hall–Kier alpha value is -3.68. The standard InChI is InChI=1S/C23H27N9O3S/c1-2-26-22(35)28-20-18(14-5-3-4-6-16(14)36-20)19(33)15-10-25-8-7-23(15)21(34)27-17(29-23)12-32-11-13(9-24)30-31-32/h3-6,11,15,25H,2,7-10,12,24H2,1H3,(H2,26,28,35)(H,27,29,34). The summed E-state index contributed by atoms with van der Waals surface area (Å²) >= 11 is 1.33. The summed E-state index contributed by atoms with van der Waals surface area (Å²) in [5.41, 5.74) is 5.39. The van der Waals surface area contributed by atoms with Gasteiger partial charge >= 0.3 is 6.03 Å². The minimum absolute atomic E-state index is 0.209. The van der Waals surface area contributed by atoms with Gasteiger partial charge in [0.2, 0.25) is 0 Å². The van der Waals surface area contributed by atoms with Gasteiger partial charge in [0.05, 0.1) is 23.4 Å². The van der Waals surface area contributed by atoms with E-state index >= 15 is 0 Å². The van der Waals surface area contributed by atoms with Gasteiger partial charge in [0.15, 0.2) is 11.3 Å². The second kappa shape index (κ2) is 9.76. The molecule has 1 fully saturated rings. The van der Waals surface area contributed by atoms with Crippen molar-refractivity contribution in [3.05, 3.63) is 41.7 Å². The Morgan fingerprint density at radius 1 is 1.33 bits per heavy atom. The number of nitrogens with one attached hydrogen (secondary N) is 4. The molecule has 2 aliphatic heterocycles. The number of nitrogens with two attached hydrogens (primary N) is 1. The van der Waals surface area contributed by atoms with Crippen molar-refractivity contribution in [3.63, 3.8) is 0 Å². The number of amidine groups is 1. The molecule has 2 atom stereocenters. The summed E-state index contributed by atoms with van der Waals surface area (Å²) in [6.07, 6.45) is 2.06. The Labute approximate surface area is 210 Å². The maximum absolute atomic E-state index is 14.2. The molecule has 36 heavy (non-hydrogen) atoms. The lowest BCUT2D eigenvalue weighted by Gasteiger charge is -2.36. The Balaban J connectivity index is 1.51. The molecule has 5 rings (SSSR count). The van der Waals surface area contributed by atoms with Crippen molar-refractivity contribution in [2.45, 2.75) is 32.0 Å². The van der Waals surface area contributed by atoms with Gasteiger partial charge in [-0.05, 0) is 26.0 Å². The highest BCUT2D eigenvalue weighted by molar-refractivity contribution is 7.23. The number of aromatic nitrogens is 3. The summed E-state index contributed by atoms with van der Waals surface area (Å²) in [7, 11) is 0. The molecule has 2 unspecified atom stereocenters. The number of ketones is 1. The van der Waals surface area contributed by atoms with Gasteiger partial charge in [-0.2, -0.15) is 0 Å². The molecule has 188 valence electrons. The molecule has 2 aromatic heterocycles. The zero-order valence-corrected chi connectivity index (χ0v) is 20.5. The third kappa shape index (κ3) is 4.25. The van der Waals surface area contributed by atoms with Crippen LogP contribution in [-0.2, 0) is 17.9 Å². The summed E-state index contributed by atoms with van der Waals surface area (Å²) in [5.74, 6) is -0.886. The molecular formula is C23H27N9O3S. The van der Waals surface area contributed by atoms with Gasteiger partial charge < -0.3 is 21.7 Å². The zero-order valence-electron chi connectivity index (χ0n) is 19.7. The van der Waals surface area contributed by atoms with E-state index < -0.39 is 17.5 Å². The number of carbonyl (C=O) groups is 3. The first kappa shape index (κ1) is 24.0. The first-order valence-corrected chi connectivity index (χ1v) is 12.6. The number of urea groups is 1. The van der Waals surface area contributed by atoms with Crippen LogP contribution in [0.25, 0.3) is 10.1 Å². The molecule has 1 aromatic carbocycles. The third-order valence-electron chi connectivity index (χ3n) is 6.42. The maximum Gasteiger partial charge on any atom is 0.319 e. The molecular weight excluding hydrogens is 482 g/mol. The average Bonchev–Trinajstić information content (AvgIpc) is 3.55. The zero-order chi connectivity index (χ0) is 25.3. The van der Waals surface area contributed by atoms with Gasteiger partial charge in [-0.3, -0.25) is 19.9 Å². The van der Waals surface area contributed by atoms with Crippen LogP contribution in [0.4, 0.5) is 9.80 Å². The fourth-order valence-electron chi connectivity index (χ4n) is 4.74. The number of thiophene rings is 1. The molecule has 4 heterocycles. The van der Waals surface area contributed by atoms with Gasteiger partial charge in [0.1, 0.15) is 17.4 Å². The monoisotopic (exact) mass is 509 g/mol.